The quantitative estimate of drug-likeness (QED) is 0.730. The molecule has 0 unspecified atom stereocenters. The van der Waals surface area contributed by atoms with Gasteiger partial charge in [-0.25, -0.2) is 0 Å². The van der Waals surface area contributed by atoms with Crippen molar-refractivity contribution in [3.63, 3.8) is 0 Å². The minimum absolute atomic E-state index is 0.267. The predicted octanol–water partition coefficient (Wildman–Crippen LogP) is 2.90. The van der Waals surface area contributed by atoms with Gasteiger partial charge < -0.3 is 14.2 Å². The van der Waals surface area contributed by atoms with E-state index in [0.29, 0.717) is 0 Å². The van der Waals surface area contributed by atoms with Crippen LogP contribution in [0.1, 0.15) is 53.0 Å². The van der Waals surface area contributed by atoms with Gasteiger partial charge in [0.25, 0.3) is 0 Å². The molecule has 0 saturated carbocycles. The minimum Gasteiger partial charge on any atom is -0.399 e. The van der Waals surface area contributed by atoms with Crippen molar-refractivity contribution in [2.24, 2.45) is 0 Å². The molecule has 0 bridgehead atoms. The van der Waals surface area contributed by atoms with Gasteiger partial charge in [-0.05, 0) is 51.7 Å². The van der Waals surface area contributed by atoms with Gasteiger partial charge in [0.1, 0.15) is 0 Å². The summed E-state index contributed by atoms with van der Waals surface area (Å²) in [6, 6.07) is 8.78. The lowest BCUT2D eigenvalue weighted by atomic mass is 9.79. The highest BCUT2D eigenvalue weighted by atomic mass is 16.7. The average Bonchev–Trinajstić information content (AvgIpc) is 2.83. The predicted molar refractivity (Wildman–Crippen MR) is 109 cm³/mol. The highest BCUT2D eigenvalue weighted by Gasteiger charge is 2.51. The molecule has 0 radical (unpaired) electrons. The SMILES string of the molecule is CCCCN1CCN(Cc2ccc(B3OC(C)(C)C(C)(C)O3)cc2)CC1. The number of nitrogens with zero attached hydrogens (tertiary/aromatic N) is 2. The van der Waals surface area contributed by atoms with Crippen LogP contribution in [0.15, 0.2) is 24.3 Å². The summed E-state index contributed by atoms with van der Waals surface area (Å²) in [5.41, 5.74) is 1.91. The van der Waals surface area contributed by atoms with Crippen LogP contribution < -0.4 is 5.46 Å². The third-order valence-electron chi connectivity index (χ3n) is 6.20. The van der Waals surface area contributed by atoms with Gasteiger partial charge in [0.15, 0.2) is 0 Å². The maximum absolute atomic E-state index is 6.15. The summed E-state index contributed by atoms with van der Waals surface area (Å²) < 4.78 is 12.3. The molecule has 0 aliphatic carbocycles. The lowest BCUT2D eigenvalue weighted by Gasteiger charge is -2.34. The van der Waals surface area contributed by atoms with Crippen LogP contribution in [0.2, 0.25) is 0 Å². The lowest BCUT2D eigenvalue weighted by Crippen LogP contribution is -2.46. The first-order valence-electron chi connectivity index (χ1n) is 10.2. The van der Waals surface area contributed by atoms with Crippen LogP contribution in [0.3, 0.4) is 0 Å². The molecule has 0 atom stereocenters. The molecule has 0 N–H and O–H groups in total. The van der Waals surface area contributed by atoms with Crippen molar-refractivity contribution in [2.75, 3.05) is 32.7 Å². The number of piperazine rings is 1. The molecule has 0 amide bonds. The molecule has 2 aliphatic rings. The van der Waals surface area contributed by atoms with Crippen molar-refractivity contribution in [3.8, 4) is 0 Å². The Hall–Kier alpha value is -0.875. The Bertz CT molecular complexity index is 564. The smallest absolute Gasteiger partial charge is 0.399 e. The summed E-state index contributed by atoms with van der Waals surface area (Å²) in [4.78, 5) is 5.16. The van der Waals surface area contributed by atoms with Gasteiger partial charge in [0.2, 0.25) is 0 Å². The van der Waals surface area contributed by atoms with Gasteiger partial charge in [-0.3, -0.25) is 4.90 Å². The van der Waals surface area contributed by atoms with Crippen LogP contribution >= 0.6 is 0 Å². The van der Waals surface area contributed by atoms with Gasteiger partial charge in [-0.2, -0.15) is 0 Å². The third-order valence-corrected chi connectivity index (χ3v) is 6.20. The molecule has 4 nitrogen and oxygen atoms in total. The summed E-state index contributed by atoms with van der Waals surface area (Å²) in [6.45, 7) is 17.7. The first kappa shape index (κ1) is 19.9. The van der Waals surface area contributed by atoms with Gasteiger partial charge in [0, 0.05) is 32.7 Å². The van der Waals surface area contributed by atoms with Gasteiger partial charge in [-0.15, -0.1) is 0 Å². The van der Waals surface area contributed by atoms with Crippen LogP contribution in [0.25, 0.3) is 0 Å². The number of unbranched alkanes of at least 4 members (excludes halogenated alkanes) is 1. The molecule has 0 spiro atoms. The number of hydrogen-bond donors (Lipinski definition) is 0. The Morgan fingerprint density at radius 1 is 0.885 bits per heavy atom. The summed E-state index contributed by atoms with van der Waals surface area (Å²) in [5, 5.41) is 0. The van der Waals surface area contributed by atoms with Crippen LogP contribution in [-0.2, 0) is 15.9 Å². The van der Waals surface area contributed by atoms with E-state index in [4.69, 9.17) is 9.31 Å². The molecular formula is C21H35BN2O2. The van der Waals surface area contributed by atoms with Crippen molar-refractivity contribution in [1.29, 1.82) is 0 Å². The fourth-order valence-corrected chi connectivity index (χ4v) is 3.57. The average molecular weight is 358 g/mol. The molecule has 1 aromatic carbocycles. The standard InChI is InChI=1S/C21H35BN2O2/c1-6-7-12-23-13-15-24(16-14-23)17-18-8-10-19(11-9-18)22-25-20(2,3)21(4,5)26-22/h8-11H,6-7,12-17H2,1-5H3. The zero-order valence-electron chi connectivity index (χ0n) is 17.3. The molecule has 2 fully saturated rings. The maximum atomic E-state index is 6.15. The van der Waals surface area contributed by atoms with E-state index in [1.54, 1.807) is 0 Å². The topological polar surface area (TPSA) is 24.9 Å². The zero-order valence-corrected chi connectivity index (χ0v) is 17.3. The minimum atomic E-state index is -0.284. The van der Waals surface area contributed by atoms with Crippen molar-refractivity contribution >= 4 is 12.6 Å². The Morgan fingerprint density at radius 2 is 1.42 bits per heavy atom. The highest BCUT2D eigenvalue weighted by Crippen LogP contribution is 2.36. The highest BCUT2D eigenvalue weighted by molar-refractivity contribution is 6.62. The molecule has 26 heavy (non-hydrogen) atoms. The van der Waals surface area contributed by atoms with Crippen molar-refractivity contribution in [1.82, 2.24) is 9.80 Å². The molecule has 2 heterocycles. The molecule has 144 valence electrons. The van der Waals surface area contributed by atoms with E-state index in [1.165, 1.54) is 51.1 Å². The number of hydrogen-bond acceptors (Lipinski definition) is 4. The first-order chi connectivity index (χ1) is 12.3. The Labute approximate surface area is 160 Å². The fourth-order valence-electron chi connectivity index (χ4n) is 3.57. The van der Waals surface area contributed by atoms with E-state index >= 15 is 0 Å². The molecule has 2 aliphatic heterocycles. The summed E-state index contributed by atoms with van der Waals surface area (Å²) in [7, 11) is -0.267. The Balaban J connectivity index is 1.51. The largest absolute Gasteiger partial charge is 0.494 e. The molecular weight excluding hydrogens is 323 g/mol. The van der Waals surface area contributed by atoms with E-state index in [2.05, 4.69) is 68.7 Å². The van der Waals surface area contributed by atoms with Gasteiger partial charge >= 0.3 is 7.12 Å². The van der Waals surface area contributed by atoms with Crippen molar-refractivity contribution in [2.45, 2.75) is 65.2 Å². The summed E-state index contributed by atoms with van der Waals surface area (Å²) in [5.74, 6) is 0. The molecule has 1 aromatic rings. The van der Waals surface area contributed by atoms with Crippen molar-refractivity contribution < 1.29 is 9.31 Å². The summed E-state index contributed by atoms with van der Waals surface area (Å²) >= 11 is 0. The monoisotopic (exact) mass is 358 g/mol. The normalized spacial score (nSPS) is 23.5. The summed E-state index contributed by atoms with van der Waals surface area (Å²) in [6.07, 6.45) is 2.61. The first-order valence-corrected chi connectivity index (χ1v) is 10.2. The molecule has 0 aromatic heterocycles. The number of rotatable bonds is 6. The maximum Gasteiger partial charge on any atom is 0.494 e. The fraction of sp³-hybridized carbons (Fsp3) is 0.714. The van der Waals surface area contributed by atoms with Crippen LogP contribution in [0.4, 0.5) is 0 Å². The van der Waals surface area contributed by atoms with Crippen molar-refractivity contribution in [3.05, 3.63) is 29.8 Å². The lowest BCUT2D eigenvalue weighted by molar-refractivity contribution is 0.00578. The second-order valence-corrected chi connectivity index (χ2v) is 8.80. The second kappa shape index (κ2) is 8.01. The van der Waals surface area contributed by atoms with E-state index in [1.807, 2.05) is 0 Å². The van der Waals surface area contributed by atoms with E-state index in [-0.39, 0.29) is 18.3 Å². The second-order valence-electron chi connectivity index (χ2n) is 8.80. The van der Waals surface area contributed by atoms with Gasteiger partial charge in [-0.1, -0.05) is 37.6 Å². The van der Waals surface area contributed by atoms with E-state index < -0.39 is 0 Å². The third kappa shape index (κ3) is 4.51. The van der Waals surface area contributed by atoms with E-state index in [0.717, 1.165) is 12.0 Å². The van der Waals surface area contributed by atoms with Gasteiger partial charge in [0.05, 0.1) is 11.2 Å². The zero-order chi connectivity index (χ0) is 18.8. The Morgan fingerprint density at radius 3 is 1.96 bits per heavy atom. The molecule has 2 saturated heterocycles. The van der Waals surface area contributed by atoms with Crippen LogP contribution in [-0.4, -0.2) is 60.8 Å². The molecule has 3 rings (SSSR count). The van der Waals surface area contributed by atoms with Crippen LogP contribution in [0.5, 0.6) is 0 Å². The Kier molecular flexibility index (Phi) is 6.13. The molecule has 5 heteroatoms. The van der Waals surface area contributed by atoms with Crippen LogP contribution in [0, 0.1) is 0 Å². The number of benzene rings is 1. The van der Waals surface area contributed by atoms with E-state index in [9.17, 15) is 0 Å².